The molecule has 0 atom stereocenters. The summed E-state index contributed by atoms with van der Waals surface area (Å²) >= 11 is 0. The molecule has 0 fully saturated rings. The number of halogens is 2. The molecule has 1 aliphatic rings. The Hall–Kier alpha value is -2.23. The minimum Gasteiger partial charge on any atom is -0.348 e. The molecule has 2 aromatic rings. The Kier molecular flexibility index (Phi) is 2.78. The van der Waals surface area contributed by atoms with E-state index in [1.54, 1.807) is 17.0 Å². The lowest BCUT2D eigenvalue weighted by molar-refractivity contribution is 0.421. The van der Waals surface area contributed by atoms with Crippen molar-refractivity contribution in [2.24, 2.45) is 0 Å². The predicted molar refractivity (Wildman–Crippen MR) is 68.9 cm³/mol. The van der Waals surface area contributed by atoms with Crippen LogP contribution >= 0.6 is 0 Å². The zero-order valence-electron chi connectivity index (χ0n) is 10.2. The summed E-state index contributed by atoms with van der Waals surface area (Å²) in [5, 5.41) is 8.05. The smallest absolute Gasteiger partial charge is 0.129 e. The Bertz CT molecular complexity index is 652. The van der Waals surface area contributed by atoms with Crippen molar-refractivity contribution in [1.82, 2.24) is 4.90 Å². The molecule has 1 heterocycles. The van der Waals surface area contributed by atoms with Crippen LogP contribution < -0.4 is 0 Å². The molecule has 3 rings (SSSR count). The van der Waals surface area contributed by atoms with Crippen LogP contribution in [0.25, 0.3) is 0 Å². The summed E-state index contributed by atoms with van der Waals surface area (Å²) in [6.07, 6.45) is 0. The first-order valence-electron chi connectivity index (χ1n) is 6.00. The molecule has 0 saturated carbocycles. The Morgan fingerprint density at radius 3 is 2.63 bits per heavy atom. The van der Waals surface area contributed by atoms with Gasteiger partial charge in [0.25, 0.3) is 0 Å². The maximum Gasteiger partial charge on any atom is 0.129 e. The number of benzene rings is 2. The van der Waals surface area contributed by atoms with Crippen LogP contribution in [0.3, 0.4) is 0 Å². The van der Waals surface area contributed by atoms with Gasteiger partial charge in [-0.2, -0.15) is 0 Å². The van der Waals surface area contributed by atoms with Crippen molar-refractivity contribution in [2.75, 3.05) is 0 Å². The molecule has 0 bridgehead atoms. The summed E-state index contributed by atoms with van der Waals surface area (Å²) in [7, 11) is 0. The third kappa shape index (κ3) is 2.21. The third-order valence-corrected chi connectivity index (χ3v) is 3.27. The summed E-state index contributed by atoms with van der Waals surface area (Å²) < 4.78 is 26.3. The van der Waals surface area contributed by atoms with Crippen molar-refractivity contribution in [3.8, 4) is 0 Å². The average molecular weight is 258 g/mol. The first-order valence-corrected chi connectivity index (χ1v) is 6.00. The predicted octanol–water partition coefficient (Wildman–Crippen LogP) is 3.31. The standard InChI is InChI=1S/C15H12F2N2/c16-12-3-1-2-10(6-12)8-19-9-11-4-5-13(17)7-14(11)15(19)18/h1-7,18H,8-9H2. The Labute approximate surface area is 109 Å². The lowest BCUT2D eigenvalue weighted by Crippen LogP contribution is -2.23. The van der Waals surface area contributed by atoms with Crippen LogP contribution in [0.1, 0.15) is 16.7 Å². The molecule has 0 spiro atoms. The van der Waals surface area contributed by atoms with Crippen LogP contribution in [-0.2, 0) is 13.1 Å². The van der Waals surface area contributed by atoms with E-state index in [-0.39, 0.29) is 11.6 Å². The Morgan fingerprint density at radius 1 is 1.05 bits per heavy atom. The molecule has 0 unspecified atom stereocenters. The van der Waals surface area contributed by atoms with E-state index in [0.717, 1.165) is 11.1 Å². The molecule has 1 aliphatic heterocycles. The highest BCUT2D eigenvalue weighted by atomic mass is 19.1. The highest BCUT2D eigenvalue weighted by Gasteiger charge is 2.24. The average Bonchev–Trinajstić information content (AvgIpc) is 2.67. The van der Waals surface area contributed by atoms with E-state index in [4.69, 9.17) is 5.41 Å². The van der Waals surface area contributed by atoms with Crippen LogP contribution in [0.2, 0.25) is 0 Å². The number of rotatable bonds is 2. The normalized spacial score (nSPS) is 13.8. The second kappa shape index (κ2) is 4.46. The van der Waals surface area contributed by atoms with Gasteiger partial charge in [-0.1, -0.05) is 18.2 Å². The van der Waals surface area contributed by atoms with E-state index in [1.807, 2.05) is 6.07 Å². The molecule has 2 nitrogen and oxygen atoms in total. The van der Waals surface area contributed by atoms with Crippen molar-refractivity contribution < 1.29 is 8.78 Å². The molecule has 4 heteroatoms. The van der Waals surface area contributed by atoms with Gasteiger partial charge in [0.2, 0.25) is 0 Å². The molecule has 0 aromatic heterocycles. The topological polar surface area (TPSA) is 27.1 Å². The molecular weight excluding hydrogens is 246 g/mol. The number of nitrogens with zero attached hydrogens (tertiary/aromatic N) is 1. The van der Waals surface area contributed by atoms with Crippen LogP contribution in [0, 0.1) is 17.0 Å². The van der Waals surface area contributed by atoms with E-state index in [2.05, 4.69) is 0 Å². The van der Waals surface area contributed by atoms with Crippen LogP contribution in [0.5, 0.6) is 0 Å². The quantitative estimate of drug-likeness (QED) is 0.879. The largest absolute Gasteiger partial charge is 0.348 e. The number of nitrogens with one attached hydrogen (secondary N) is 1. The zero-order valence-corrected chi connectivity index (χ0v) is 10.2. The van der Waals surface area contributed by atoms with Gasteiger partial charge in [0.05, 0.1) is 0 Å². The summed E-state index contributed by atoms with van der Waals surface area (Å²) in [5.41, 5.74) is 2.36. The summed E-state index contributed by atoms with van der Waals surface area (Å²) in [5.74, 6) is -0.332. The second-order valence-electron chi connectivity index (χ2n) is 4.64. The number of fused-ring (bicyclic) bond motifs is 1. The van der Waals surface area contributed by atoms with Gasteiger partial charge in [-0.15, -0.1) is 0 Å². The monoisotopic (exact) mass is 258 g/mol. The third-order valence-electron chi connectivity index (χ3n) is 3.27. The van der Waals surface area contributed by atoms with Crippen molar-refractivity contribution in [3.63, 3.8) is 0 Å². The number of amidine groups is 1. The van der Waals surface area contributed by atoms with E-state index in [9.17, 15) is 8.78 Å². The highest BCUT2D eigenvalue weighted by Crippen LogP contribution is 2.25. The van der Waals surface area contributed by atoms with Gasteiger partial charge in [0.15, 0.2) is 0 Å². The van der Waals surface area contributed by atoms with Crippen molar-refractivity contribution in [2.45, 2.75) is 13.1 Å². The first kappa shape index (κ1) is 11.8. The van der Waals surface area contributed by atoms with Crippen LogP contribution in [0.4, 0.5) is 8.78 Å². The van der Waals surface area contributed by atoms with Gasteiger partial charge >= 0.3 is 0 Å². The summed E-state index contributed by atoms with van der Waals surface area (Å²) in [6, 6.07) is 10.8. The molecule has 0 radical (unpaired) electrons. The molecule has 2 aromatic carbocycles. The van der Waals surface area contributed by atoms with Crippen molar-refractivity contribution in [1.29, 1.82) is 5.41 Å². The SMILES string of the molecule is N=C1c2cc(F)ccc2CN1Cc1cccc(F)c1. The van der Waals surface area contributed by atoms with Crippen molar-refractivity contribution in [3.05, 3.63) is 70.8 Å². The van der Waals surface area contributed by atoms with E-state index in [0.29, 0.717) is 24.5 Å². The molecule has 0 amide bonds. The van der Waals surface area contributed by atoms with E-state index in [1.165, 1.54) is 24.3 Å². The van der Waals surface area contributed by atoms with Crippen molar-refractivity contribution >= 4 is 5.84 Å². The Balaban J connectivity index is 1.84. The van der Waals surface area contributed by atoms with Gasteiger partial charge < -0.3 is 4.90 Å². The van der Waals surface area contributed by atoms with Gasteiger partial charge in [0, 0.05) is 18.7 Å². The molecule has 96 valence electrons. The number of hydrogen-bond acceptors (Lipinski definition) is 1. The molecule has 0 aliphatic carbocycles. The zero-order chi connectivity index (χ0) is 13.4. The fraction of sp³-hybridized carbons (Fsp3) is 0.133. The second-order valence-corrected chi connectivity index (χ2v) is 4.64. The van der Waals surface area contributed by atoms with Gasteiger partial charge in [-0.25, -0.2) is 8.78 Å². The van der Waals surface area contributed by atoms with Crippen LogP contribution in [0.15, 0.2) is 42.5 Å². The van der Waals surface area contributed by atoms with Crippen LogP contribution in [-0.4, -0.2) is 10.7 Å². The maximum atomic E-state index is 13.2. The minimum absolute atomic E-state index is 0.285. The Morgan fingerprint density at radius 2 is 1.84 bits per heavy atom. The first-order chi connectivity index (χ1) is 9.13. The molecule has 0 saturated heterocycles. The molecular formula is C15H12F2N2. The van der Waals surface area contributed by atoms with Gasteiger partial charge in [-0.05, 0) is 35.4 Å². The fourth-order valence-corrected chi connectivity index (χ4v) is 2.35. The van der Waals surface area contributed by atoms with E-state index >= 15 is 0 Å². The lowest BCUT2D eigenvalue weighted by atomic mass is 10.1. The summed E-state index contributed by atoms with van der Waals surface area (Å²) in [6.45, 7) is 1.01. The minimum atomic E-state index is -0.337. The molecule has 1 N–H and O–H groups in total. The number of hydrogen-bond donors (Lipinski definition) is 1. The summed E-state index contributed by atoms with van der Waals surface area (Å²) in [4.78, 5) is 1.80. The van der Waals surface area contributed by atoms with Gasteiger partial charge in [-0.3, -0.25) is 5.41 Å². The molecule has 19 heavy (non-hydrogen) atoms. The lowest BCUT2D eigenvalue weighted by Gasteiger charge is -2.17. The fourth-order valence-electron chi connectivity index (χ4n) is 2.35. The highest BCUT2D eigenvalue weighted by molar-refractivity contribution is 6.00. The maximum absolute atomic E-state index is 13.2. The van der Waals surface area contributed by atoms with Gasteiger partial charge in [0.1, 0.15) is 17.5 Å². The van der Waals surface area contributed by atoms with E-state index < -0.39 is 0 Å².